The average Bonchev–Trinajstić information content (AvgIpc) is 3.03. The van der Waals surface area contributed by atoms with Gasteiger partial charge in [0.05, 0.1) is 16.0 Å². The lowest BCUT2D eigenvalue weighted by Crippen LogP contribution is -2.40. The number of rotatable bonds is 3. The number of carbonyl (C=O) groups is 1. The number of hydrogen-bond donors (Lipinski definition) is 1. The number of nitro groups is 1. The third kappa shape index (κ3) is 2.96. The first-order chi connectivity index (χ1) is 13.5. The summed E-state index contributed by atoms with van der Waals surface area (Å²) in [5.41, 5.74) is 2.22. The van der Waals surface area contributed by atoms with Gasteiger partial charge in [-0.3, -0.25) is 19.5 Å². The van der Waals surface area contributed by atoms with Crippen LogP contribution in [0.1, 0.15) is 34.8 Å². The fourth-order valence-electron chi connectivity index (χ4n) is 3.99. The molecule has 1 saturated heterocycles. The Bertz CT molecular complexity index is 1120. The van der Waals surface area contributed by atoms with Crippen molar-refractivity contribution >= 4 is 22.6 Å². The van der Waals surface area contributed by atoms with Crippen LogP contribution in [0.3, 0.4) is 0 Å². The van der Waals surface area contributed by atoms with Gasteiger partial charge in [0.1, 0.15) is 0 Å². The van der Waals surface area contributed by atoms with Gasteiger partial charge in [0, 0.05) is 36.3 Å². The Balaban J connectivity index is 1.54. The second kappa shape index (κ2) is 6.95. The number of aromatic amines is 1. The van der Waals surface area contributed by atoms with E-state index >= 15 is 0 Å². The van der Waals surface area contributed by atoms with Crippen LogP contribution in [0.5, 0.6) is 0 Å². The van der Waals surface area contributed by atoms with E-state index in [1.165, 1.54) is 12.1 Å². The van der Waals surface area contributed by atoms with Gasteiger partial charge in [-0.15, -0.1) is 0 Å². The highest BCUT2D eigenvalue weighted by molar-refractivity contribution is 5.96. The van der Waals surface area contributed by atoms with E-state index in [0.29, 0.717) is 37.1 Å². The molecule has 1 aliphatic heterocycles. The van der Waals surface area contributed by atoms with Crippen molar-refractivity contribution in [1.29, 1.82) is 0 Å². The number of benzene rings is 2. The molecule has 0 atom stereocenters. The van der Waals surface area contributed by atoms with Gasteiger partial charge in [-0.1, -0.05) is 18.2 Å². The molecule has 0 unspecified atom stereocenters. The number of fused-ring (bicyclic) bond motifs is 1. The zero-order chi connectivity index (χ0) is 19.8. The van der Waals surface area contributed by atoms with Crippen LogP contribution in [-0.2, 0) is 0 Å². The SMILES string of the molecule is Cc1c(C(=O)N2CCC(n3c(=O)[nH]c4ccccc43)CC2)cccc1[N+](=O)[O-]. The van der Waals surface area contributed by atoms with Gasteiger partial charge in [0.25, 0.3) is 11.6 Å². The summed E-state index contributed by atoms with van der Waals surface area (Å²) in [6.07, 6.45) is 1.31. The van der Waals surface area contributed by atoms with Crippen molar-refractivity contribution in [2.24, 2.45) is 0 Å². The first-order valence-electron chi connectivity index (χ1n) is 9.20. The Hall–Kier alpha value is -3.42. The first kappa shape index (κ1) is 18.0. The second-order valence-electron chi connectivity index (χ2n) is 7.05. The summed E-state index contributed by atoms with van der Waals surface area (Å²) in [6.45, 7) is 2.60. The van der Waals surface area contributed by atoms with Crippen molar-refractivity contribution in [3.63, 3.8) is 0 Å². The van der Waals surface area contributed by atoms with Gasteiger partial charge in [-0.2, -0.15) is 0 Å². The predicted molar refractivity (Wildman–Crippen MR) is 105 cm³/mol. The number of nitrogens with one attached hydrogen (secondary N) is 1. The predicted octanol–water partition coefficient (Wildman–Crippen LogP) is 3.02. The number of amides is 1. The minimum atomic E-state index is -0.470. The molecule has 1 N–H and O–H groups in total. The first-order valence-corrected chi connectivity index (χ1v) is 9.20. The molecule has 8 nitrogen and oxygen atoms in total. The molecule has 1 amide bonds. The van der Waals surface area contributed by atoms with Crippen LogP contribution in [0.4, 0.5) is 5.69 Å². The van der Waals surface area contributed by atoms with Crippen LogP contribution >= 0.6 is 0 Å². The molecule has 2 aromatic carbocycles. The van der Waals surface area contributed by atoms with Gasteiger partial charge in [-0.05, 0) is 38.0 Å². The van der Waals surface area contributed by atoms with E-state index in [0.717, 1.165) is 11.0 Å². The Labute approximate surface area is 160 Å². The van der Waals surface area contributed by atoms with Crippen LogP contribution in [0.2, 0.25) is 0 Å². The molecule has 8 heteroatoms. The fraction of sp³-hybridized carbons (Fsp3) is 0.300. The van der Waals surface area contributed by atoms with E-state index < -0.39 is 4.92 Å². The largest absolute Gasteiger partial charge is 0.338 e. The maximum atomic E-state index is 12.9. The van der Waals surface area contributed by atoms with Gasteiger partial charge < -0.3 is 9.88 Å². The molecule has 0 spiro atoms. The lowest BCUT2D eigenvalue weighted by molar-refractivity contribution is -0.385. The van der Waals surface area contributed by atoms with Crippen molar-refractivity contribution in [3.8, 4) is 0 Å². The number of H-pyrrole nitrogens is 1. The van der Waals surface area contributed by atoms with E-state index in [9.17, 15) is 19.7 Å². The maximum absolute atomic E-state index is 12.9. The molecule has 1 fully saturated rings. The van der Waals surface area contributed by atoms with Crippen molar-refractivity contribution < 1.29 is 9.72 Å². The molecule has 1 aromatic heterocycles. The number of imidazole rings is 1. The summed E-state index contributed by atoms with van der Waals surface area (Å²) >= 11 is 0. The molecular formula is C20H20N4O4. The van der Waals surface area contributed by atoms with Gasteiger partial charge >= 0.3 is 5.69 Å². The Morgan fingerprint density at radius 1 is 1.14 bits per heavy atom. The summed E-state index contributed by atoms with van der Waals surface area (Å²) in [5, 5.41) is 11.1. The van der Waals surface area contributed by atoms with Crippen LogP contribution < -0.4 is 5.69 Å². The Morgan fingerprint density at radius 3 is 2.57 bits per heavy atom. The highest BCUT2D eigenvalue weighted by Gasteiger charge is 2.28. The van der Waals surface area contributed by atoms with E-state index in [-0.39, 0.29) is 23.3 Å². The second-order valence-corrected chi connectivity index (χ2v) is 7.05. The summed E-state index contributed by atoms with van der Waals surface area (Å²) in [6, 6.07) is 12.1. The third-order valence-corrected chi connectivity index (χ3v) is 5.47. The summed E-state index contributed by atoms with van der Waals surface area (Å²) in [7, 11) is 0. The summed E-state index contributed by atoms with van der Waals surface area (Å²) in [4.78, 5) is 40.5. The molecule has 0 aliphatic carbocycles. The molecule has 144 valence electrons. The number of piperidine rings is 1. The Kier molecular flexibility index (Phi) is 4.46. The average molecular weight is 380 g/mol. The van der Waals surface area contributed by atoms with Crippen LogP contribution in [-0.4, -0.2) is 38.4 Å². The zero-order valence-corrected chi connectivity index (χ0v) is 15.4. The van der Waals surface area contributed by atoms with Crippen LogP contribution in [0.25, 0.3) is 11.0 Å². The summed E-state index contributed by atoms with van der Waals surface area (Å²) in [5.74, 6) is -0.203. The molecule has 3 aromatic rings. The van der Waals surface area contributed by atoms with Crippen LogP contribution in [0.15, 0.2) is 47.3 Å². The maximum Gasteiger partial charge on any atom is 0.326 e. The third-order valence-electron chi connectivity index (χ3n) is 5.47. The fourth-order valence-corrected chi connectivity index (χ4v) is 3.99. The molecule has 1 aliphatic rings. The molecule has 0 bridgehead atoms. The number of nitro benzene ring substituents is 1. The zero-order valence-electron chi connectivity index (χ0n) is 15.4. The van der Waals surface area contributed by atoms with E-state index in [1.807, 2.05) is 24.3 Å². The lowest BCUT2D eigenvalue weighted by Gasteiger charge is -2.32. The number of hydrogen-bond acceptors (Lipinski definition) is 4. The Morgan fingerprint density at radius 2 is 1.86 bits per heavy atom. The molecule has 0 radical (unpaired) electrons. The van der Waals surface area contributed by atoms with Gasteiger partial charge in [0.2, 0.25) is 0 Å². The normalized spacial score (nSPS) is 15.1. The van der Waals surface area contributed by atoms with E-state index in [4.69, 9.17) is 0 Å². The van der Waals surface area contributed by atoms with Gasteiger partial charge in [-0.25, -0.2) is 4.79 Å². The lowest BCUT2D eigenvalue weighted by atomic mass is 10.0. The van der Waals surface area contributed by atoms with Crippen molar-refractivity contribution in [1.82, 2.24) is 14.5 Å². The molecule has 4 rings (SSSR count). The molecular weight excluding hydrogens is 360 g/mol. The molecule has 2 heterocycles. The number of nitrogens with zero attached hydrogens (tertiary/aromatic N) is 3. The highest BCUT2D eigenvalue weighted by atomic mass is 16.6. The smallest absolute Gasteiger partial charge is 0.326 e. The molecule has 0 saturated carbocycles. The van der Waals surface area contributed by atoms with Crippen molar-refractivity contribution in [2.45, 2.75) is 25.8 Å². The topological polar surface area (TPSA) is 101 Å². The molecule has 28 heavy (non-hydrogen) atoms. The summed E-state index contributed by atoms with van der Waals surface area (Å²) < 4.78 is 1.77. The minimum absolute atomic E-state index is 0.0129. The number of likely N-dealkylation sites (tertiary alicyclic amines) is 1. The van der Waals surface area contributed by atoms with Crippen LogP contribution in [0, 0.1) is 17.0 Å². The van der Waals surface area contributed by atoms with E-state index in [2.05, 4.69) is 4.98 Å². The number of para-hydroxylation sites is 2. The monoisotopic (exact) mass is 380 g/mol. The van der Waals surface area contributed by atoms with Crippen molar-refractivity contribution in [3.05, 3.63) is 74.2 Å². The number of carbonyl (C=O) groups excluding carboxylic acids is 1. The van der Waals surface area contributed by atoms with Gasteiger partial charge in [0.15, 0.2) is 0 Å². The minimum Gasteiger partial charge on any atom is -0.338 e. The standard InChI is InChI=1S/C20H20N4O4/c1-13-15(5-4-8-17(13)24(27)28)19(25)22-11-9-14(10-12-22)23-18-7-3-2-6-16(18)21-20(23)26/h2-8,14H,9-12H2,1H3,(H,21,26). The quantitative estimate of drug-likeness (QED) is 0.557. The van der Waals surface area contributed by atoms with Crippen molar-refractivity contribution in [2.75, 3.05) is 13.1 Å². The highest BCUT2D eigenvalue weighted by Crippen LogP contribution is 2.27. The van der Waals surface area contributed by atoms with E-state index in [1.54, 1.807) is 22.5 Å². The number of aromatic nitrogens is 2.